The lowest BCUT2D eigenvalue weighted by molar-refractivity contribution is -0.187. The van der Waals surface area contributed by atoms with Crippen LogP contribution in [0.3, 0.4) is 0 Å². The summed E-state index contributed by atoms with van der Waals surface area (Å²) in [6, 6.07) is 9.11. The monoisotopic (exact) mass is 314 g/mol. The Balaban J connectivity index is 2.19. The van der Waals surface area contributed by atoms with E-state index in [2.05, 4.69) is 5.32 Å². The van der Waals surface area contributed by atoms with E-state index in [1.807, 2.05) is 30.3 Å². The van der Waals surface area contributed by atoms with Crippen molar-refractivity contribution in [3.05, 3.63) is 35.9 Å². The molecule has 0 spiro atoms. The van der Waals surface area contributed by atoms with Crippen LogP contribution in [0.5, 0.6) is 0 Å². The van der Waals surface area contributed by atoms with Gasteiger partial charge < -0.3 is 10.2 Å². The normalized spacial score (nSPS) is 17.9. The Bertz CT molecular complexity index is 550. The van der Waals surface area contributed by atoms with Crippen LogP contribution in [0.15, 0.2) is 30.3 Å². The van der Waals surface area contributed by atoms with Crippen LogP contribution in [0, 0.1) is 0 Å². The predicted molar refractivity (Wildman–Crippen MR) is 73.8 cm³/mol. The van der Waals surface area contributed by atoms with Gasteiger partial charge in [0, 0.05) is 20.0 Å². The Morgan fingerprint density at radius 3 is 2.14 bits per heavy atom. The van der Waals surface area contributed by atoms with Crippen molar-refractivity contribution in [2.24, 2.45) is 0 Å². The summed E-state index contributed by atoms with van der Waals surface area (Å²) < 4.78 is 37.5. The number of amides is 2. The highest BCUT2D eigenvalue weighted by Gasteiger charge is 2.46. The van der Waals surface area contributed by atoms with Crippen molar-refractivity contribution in [3.8, 4) is 0 Å². The standard InChI is InChI=1S/C15H17F3N2O2/c1-11(21)19-14(12-5-3-2-4-6-12)7-9-20(10-8-14)13(22)15(16,17)18/h2-6H,7-10H2,1H3,(H,19,21). The SMILES string of the molecule is CC(=O)NC1(c2ccccc2)CCN(C(=O)C(F)(F)F)CC1. The lowest BCUT2D eigenvalue weighted by Gasteiger charge is -2.42. The number of hydrogen-bond donors (Lipinski definition) is 1. The van der Waals surface area contributed by atoms with Crippen LogP contribution < -0.4 is 5.32 Å². The molecule has 1 fully saturated rings. The van der Waals surface area contributed by atoms with Crippen LogP contribution in [0.1, 0.15) is 25.3 Å². The maximum absolute atomic E-state index is 12.5. The Labute approximate surface area is 126 Å². The van der Waals surface area contributed by atoms with E-state index in [1.165, 1.54) is 6.92 Å². The summed E-state index contributed by atoms with van der Waals surface area (Å²) in [5, 5.41) is 2.85. The predicted octanol–water partition coefficient (Wildman–Crippen LogP) is 2.20. The van der Waals surface area contributed by atoms with Crippen molar-refractivity contribution < 1.29 is 22.8 Å². The molecule has 7 heteroatoms. The number of alkyl halides is 3. The summed E-state index contributed by atoms with van der Waals surface area (Å²) in [5.74, 6) is -2.07. The van der Waals surface area contributed by atoms with E-state index in [-0.39, 0.29) is 31.8 Å². The average molecular weight is 314 g/mol. The van der Waals surface area contributed by atoms with Gasteiger partial charge in [-0.2, -0.15) is 13.2 Å². The van der Waals surface area contributed by atoms with Gasteiger partial charge in [-0.25, -0.2) is 0 Å². The van der Waals surface area contributed by atoms with E-state index in [0.717, 1.165) is 10.5 Å². The van der Waals surface area contributed by atoms with Gasteiger partial charge >= 0.3 is 12.1 Å². The third-order valence-corrected chi connectivity index (χ3v) is 3.89. The molecular weight excluding hydrogens is 297 g/mol. The zero-order valence-electron chi connectivity index (χ0n) is 12.1. The largest absolute Gasteiger partial charge is 0.471 e. The third-order valence-electron chi connectivity index (χ3n) is 3.89. The number of piperidine rings is 1. The molecule has 0 saturated carbocycles. The topological polar surface area (TPSA) is 49.4 Å². The van der Waals surface area contributed by atoms with E-state index in [9.17, 15) is 22.8 Å². The molecular formula is C15H17F3N2O2. The van der Waals surface area contributed by atoms with Gasteiger partial charge in [0.05, 0.1) is 5.54 Å². The molecule has 1 aliphatic rings. The Morgan fingerprint density at radius 1 is 1.14 bits per heavy atom. The smallest absolute Gasteiger partial charge is 0.347 e. The molecule has 22 heavy (non-hydrogen) atoms. The number of benzene rings is 1. The van der Waals surface area contributed by atoms with Crippen molar-refractivity contribution >= 4 is 11.8 Å². The number of carbonyl (C=O) groups is 2. The maximum Gasteiger partial charge on any atom is 0.471 e. The minimum atomic E-state index is -4.86. The van der Waals surface area contributed by atoms with Crippen LogP contribution in [0.25, 0.3) is 0 Å². The lowest BCUT2D eigenvalue weighted by Crippen LogP contribution is -2.55. The quantitative estimate of drug-likeness (QED) is 0.910. The molecule has 0 unspecified atom stereocenters. The zero-order valence-corrected chi connectivity index (χ0v) is 12.1. The molecule has 2 rings (SSSR count). The van der Waals surface area contributed by atoms with Crippen molar-refractivity contribution in [1.82, 2.24) is 10.2 Å². The van der Waals surface area contributed by atoms with E-state index in [1.54, 1.807) is 0 Å². The summed E-state index contributed by atoms with van der Waals surface area (Å²) in [5.41, 5.74) is 0.111. The molecule has 0 atom stereocenters. The molecule has 2 amide bonds. The molecule has 120 valence electrons. The van der Waals surface area contributed by atoms with Gasteiger partial charge in [-0.3, -0.25) is 9.59 Å². The van der Waals surface area contributed by atoms with Gasteiger partial charge in [0.2, 0.25) is 5.91 Å². The van der Waals surface area contributed by atoms with E-state index < -0.39 is 17.6 Å². The van der Waals surface area contributed by atoms with Crippen LogP contribution in [-0.4, -0.2) is 36.0 Å². The molecule has 0 bridgehead atoms. The lowest BCUT2D eigenvalue weighted by atomic mass is 9.80. The zero-order chi connectivity index (χ0) is 16.4. The van der Waals surface area contributed by atoms with Crippen LogP contribution in [0.2, 0.25) is 0 Å². The van der Waals surface area contributed by atoms with E-state index >= 15 is 0 Å². The molecule has 0 aromatic heterocycles. The first-order valence-electron chi connectivity index (χ1n) is 6.95. The fourth-order valence-electron chi connectivity index (χ4n) is 2.85. The molecule has 0 radical (unpaired) electrons. The Hall–Kier alpha value is -2.05. The minimum absolute atomic E-state index is 0.0481. The first-order chi connectivity index (χ1) is 10.2. The van der Waals surface area contributed by atoms with Gasteiger partial charge in [0.25, 0.3) is 0 Å². The second-order valence-electron chi connectivity index (χ2n) is 5.42. The Morgan fingerprint density at radius 2 is 1.68 bits per heavy atom. The number of nitrogens with zero attached hydrogens (tertiary/aromatic N) is 1. The molecule has 1 heterocycles. The summed E-state index contributed by atoms with van der Waals surface area (Å²) in [6.07, 6.45) is -4.36. The molecule has 1 aromatic carbocycles. The van der Waals surface area contributed by atoms with Crippen LogP contribution in [-0.2, 0) is 15.1 Å². The number of carbonyl (C=O) groups excluding carboxylic acids is 2. The van der Waals surface area contributed by atoms with Crippen molar-refractivity contribution in [2.45, 2.75) is 31.5 Å². The average Bonchev–Trinajstić information content (AvgIpc) is 2.46. The fraction of sp³-hybridized carbons (Fsp3) is 0.467. The molecule has 1 saturated heterocycles. The van der Waals surface area contributed by atoms with Gasteiger partial charge in [0.1, 0.15) is 0 Å². The number of likely N-dealkylation sites (tertiary alicyclic amines) is 1. The number of hydrogen-bond acceptors (Lipinski definition) is 2. The first kappa shape index (κ1) is 16.3. The van der Waals surface area contributed by atoms with Crippen LogP contribution >= 0.6 is 0 Å². The summed E-state index contributed by atoms with van der Waals surface area (Å²) in [6.45, 7) is 1.28. The van der Waals surface area contributed by atoms with Crippen LogP contribution in [0.4, 0.5) is 13.2 Å². The molecule has 1 aromatic rings. The van der Waals surface area contributed by atoms with Gasteiger partial charge in [-0.05, 0) is 18.4 Å². The number of nitrogens with one attached hydrogen (secondary N) is 1. The third kappa shape index (κ3) is 3.40. The highest BCUT2D eigenvalue weighted by Crippen LogP contribution is 2.34. The molecule has 1 N–H and O–H groups in total. The Kier molecular flexibility index (Phi) is 4.44. The summed E-state index contributed by atoms with van der Waals surface area (Å²) >= 11 is 0. The van der Waals surface area contributed by atoms with Crippen molar-refractivity contribution in [1.29, 1.82) is 0 Å². The molecule has 1 aliphatic heterocycles. The molecule has 0 aliphatic carbocycles. The summed E-state index contributed by atoms with van der Waals surface area (Å²) in [7, 11) is 0. The molecule has 4 nitrogen and oxygen atoms in total. The van der Waals surface area contributed by atoms with Gasteiger partial charge in [0.15, 0.2) is 0 Å². The van der Waals surface area contributed by atoms with Crippen molar-refractivity contribution in [2.75, 3.05) is 13.1 Å². The second kappa shape index (κ2) is 5.98. The first-order valence-corrected chi connectivity index (χ1v) is 6.95. The minimum Gasteiger partial charge on any atom is -0.347 e. The maximum atomic E-state index is 12.5. The van der Waals surface area contributed by atoms with Gasteiger partial charge in [-0.1, -0.05) is 30.3 Å². The summed E-state index contributed by atoms with van der Waals surface area (Å²) in [4.78, 5) is 23.6. The van der Waals surface area contributed by atoms with E-state index in [0.29, 0.717) is 0 Å². The highest BCUT2D eigenvalue weighted by molar-refractivity contribution is 5.82. The highest BCUT2D eigenvalue weighted by atomic mass is 19.4. The number of halogens is 3. The van der Waals surface area contributed by atoms with Gasteiger partial charge in [-0.15, -0.1) is 0 Å². The number of rotatable bonds is 2. The second-order valence-corrected chi connectivity index (χ2v) is 5.42. The van der Waals surface area contributed by atoms with E-state index in [4.69, 9.17) is 0 Å². The fourth-order valence-corrected chi connectivity index (χ4v) is 2.85. The van der Waals surface area contributed by atoms with Crippen molar-refractivity contribution in [3.63, 3.8) is 0 Å².